The van der Waals surface area contributed by atoms with Crippen molar-refractivity contribution >= 4 is 45.2 Å². The molecule has 3 aliphatic rings. The van der Waals surface area contributed by atoms with Crippen LogP contribution in [0.5, 0.6) is 0 Å². The maximum atomic E-state index is 15.9. The summed E-state index contributed by atoms with van der Waals surface area (Å²) in [4.78, 5) is 0. The predicted molar refractivity (Wildman–Crippen MR) is 171 cm³/mol. The smallest absolute Gasteiger partial charge is 0.426 e. The minimum Gasteiger partial charge on any atom is -0.429 e. The molecule has 3 aliphatic carbocycles. The Kier molecular flexibility index (Phi) is 11.6. The van der Waals surface area contributed by atoms with Gasteiger partial charge in [-0.05, 0) is 89.9 Å². The van der Waals surface area contributed by atoms with E-state index in [0.29, 0.717) is 5.92 Å². The summed E-state index contributed by atoms with van der Waals surface area (Å²) in [6.45, 7) is 8.56. The van der Waals surface area contributed by atoms with Gasteiger partial charge in [0.1, 0.15) is 5.76 Å². The van der Waals surface area contributed by atoms with Crippen LogP contribution in [0.1, 0.15) is 85.5 Å². The van der Waals surface area contributed by atoms with Crippen molar-refractivity contribution in [1.29, 1.82) is 0 Å². The number of ether oxygens (including phenoxy) is 1. The fourth-order valence-electron chi connectivity index (χ4n) is 5.89. The first kappa shape index (κ1) is 31.1. The molecule has 0 aromatic carbocycles. The van der Waals surface area contributed by atoms with Gasteiger partial charge in [-0.15, -0.1) is 0 Å². The minimum atomic E-state index is -3.41. The highest BCUT2D eigenvalue weighted by Gasteiger charge is 2.40. The molecule has 0 bridgehead atoms. The molecule has 3 rings (SSSR count). The molecule has 0 aromatic rings. The number of rotatable bonds is 11. The van der Waals surface area contributed by atoms with Gasteiger partial charge in [0.15, 0.2) is 0 Å². The van der Waals surface area contributed by atoms with Gasteiger partial charge < -0.3 is 4.74 Å². The van der Waals surface area contributed by atoms with E-state index < -0.39 is 11.5 Å². The first-order valence-corrected chi connectivity index (χ1v) is 17.0. The normalized spacial score (nSPS) is 30.6. The number of hydrogen-bond acceptors (Lipinski definition) is 1. The van der Waals surface area contributed by atoms with Crippen molar-refractivity contribution < 1.29 is 13.5 Å². The molecule has 37 heavy (non-hydrogen) atoms. The first-order valence-electron chi connectivity index (χ1n) is 13.9. The molecule has 0 N–H and O–H groups in total. The molecule has 0 radical (unpaired) electrons. The molecule has 0 saturated heterocycles. The van der Waals surface area contributed by atoms with Crippen molar-refractivity contribution in [2.24, 2.45) is 22.7 Å². The van der Waals surface area contributed by atoms with Gasteiger partial charge in [-0.3, -0.25) is 0 Å². The average Bonchev–Trinajstić information content (AvgIpc) is 3.10. The molecule has 2 atom stereocenters. The molecular formula is C32H44F2I2O. The number of allylic oxidation sites excluding steroid dienone is 9. The Morgan fingerprint density at radius 3 is 2.16 bits per heavy atom. The Bertz CT molecular complexity index is 965. The standard InChI is InChI=1S/C32H44F2I2O/c1-24-8-11-26(12-9-24)27-13-14-28(22-31(4,21-27)16-5-6-18-35)32(33,34)37-29-15-10-25(2)20-30(3,23-29)17-7-19-36/h10,13-15,20-24,26H,5-9,11-12,16-19H2,1-4H3. The molecule has 0 aliphatic heterocycles. The monoisotopic (exact) mass is 736 g/mol. The molecule has 206 valence electrons. The van der Waals surface area contributed by atoms with Gasteiger partial charge >= 0.3 is 6.11 Å². The first-order chi connectivity index (χ1) is 17.5. The van der Waals surface area contributed by atoms with Crippen molar-refractivity contribution in [3.63, 3.8) is 0 Å². The summed E-state index contributed by atoms with van der Waals surface area (Å²) in [5, 5.41) is 0. The highest BCUT2D eigenvalue weighted by molar-refractivity contribution is 14.1. The lowest BCUT2D eigenvalue weighted by Crippen LogP contribution is -2.25. The zero-order valence-electron chi connectivity index (χ0n) is 23.0. The van der Waals surface area contributed by atoms with E-state index in [-0.39, 0.29) is 16.7 Å². The third-order valence-electron chi connectivity index (χ3n) is 7.99. The van der Waals surface area contributed by atoms with Crippen LogP contribution >= 0.6 is 45.2 Å². The van der Waals surface area contributed by atoms with Gasteiger partial charge in [-0.25, -0.2) is 0 Å². The SMILES string of the molecule is CC1=CC(C)(CCCI)C=C(OC(F)(F)C2=CC(C)(CCCCI)C=C(C3CCC(C)CC3)C=C2)C=C1. The van der Waals surface area contributed by atoms with E-state index in [1.54, 1.807) is 18.2 Å². The maximum Gasteiger partial charge on any atom is 0.426 e. The lowest BCUT2D eigenvalue weighted by Gasteiger charge is -2.30. The Morgan fingerprint density at radius 1 is 0.838 bits per heavy atom. The van der Waals surface area contributed by atoms with Gasteiger partial charge in [0.25, 0.3) is 0 Å². The van der Waals surface area contributed by atoms with E-state index in [2.05, 4.69) is 78.1 Å². The lowest BCUT2D eigenvalue weighted by atomic mass is 9.75. The second-order valence-corrected chi connectivity index (χ2v) is 14.0. The molecule has 1 fully saturated rings. The third kappa shape index (κ3) is 9.32. The van der Waals surface area contributed by atoms with E-state index in [4.69, 9.17) is 4.74 Å². The molecule has 5 heteroatoms. The number of hydrogen-bond donors (Lipinski definition) is 0. The quantitative estimate of drug-likeness (QED) is 0.117. The summed E-state index contributed by atoms with van der Waals surface area (Å²) in [5.41, 5.74) is 1.54. The van der Waals surface area contributed by atoms with Gasteiger partial charge in [0.2, 0.25) is 0 Å². The number of halogens is 4. The minimum absolute atomic E-state index is 0.0305. The van der Waals surface area contributed by atoms with Crippen LogP contribution < -0.4 is 0 Å². The van der Waals surface area contributed by atoms with Crippen LogP contribution in [0, 0.1) is 22.7 Å². The highest BCUT2D eigenvalue weighted by Crippen LogP contribution is 2.43. The lowest BCUT2D eigenvalue weighted by molar-refractivity contribution is -0.177. The fraction of sp³-hybridized carbons (Fsp3) is 0.625. The molecule has 1 saturated carbocycles. The van der Waals surface area contributed by atoms with Crippen molar-refractivity contribution in [3.05, 3.63) is 71.1 Å². The average molecular weight is 737 g/mol. The summed E-state index contributed by atoms with van der Waals surface area (Å²) in [6, 6.07) is 0. The van der Waals surface area contributed by atoms with Crippen LogP contribution in [0.25, 0.3) is 0 Å². The van der Waals surface area contributed by atoms with Gasteiger partial charge in [-0.1, -0.05) is 121 Å². The van der Waals surface area contributed by atoms with E-state index in [9.17, 15) is 0 Å². The molecule has 0 heterocycles. The molecule has 0 aromatic heterocycles. The van der Waals surface area contributed by atoms with Gasteiger partial charge in [0, 0.05) is 10.8 Å². The van der Waals surface area contributed by atoms with E-state index >= 15 is 8.78 Å². The molecule has 0 amide bonds. The summed E-state index contributed by atoms with van der Waals surface area (Å²) >= 11 is 4.77. The Balaban J connectivity index is 1.90. The zero-order valence-corrected chi connectivity index (χ0v) is 27.3. The predicted octanol–water partition coefficient (Wildman–Crippen LogP) is 11.1. The van der Waals surface area contributed by atoms with E-state index in [0.717, 1.165) is 65.3 Å². The molecule has 0 spiro atoms. The van der Waals surface area contributed by atoms with Crippen LogP contribution in [-0.4, -0.2) is 15.0 Å². The van der Waals surface area contributed by atoms with Crippen LogP contribution in [-0.2, 0) is 4.74 Å². The van der Waals surface area contributed by atoms with Crippen LogP contribution in [0.15, 0.2) is 71.1 Å². The molecular weight excluding hydrogens is 692 g/mol. The van der Waals surface area contributed by atoms with Gasteiger partial charge in [-0.2, -0.15) is 8.78 Å². The van der Waals surface area contributed by atoms with E-state index in [1.807, 2.05) is 25.2 Å². The summed E-state index contributed by atoms with van der Waals surface area (Å²) in [7, 11) is 0. The topological polar surface area (TPSA) is 9.23 Å². The third-order valence-corrected chi connectivity index (χ3v) is 9.52. The largest absolute Gasteiger partial charge is 0.429 e. The maximum absolute atomic E-state index is 15.9. The van der Waals surface area contributed by atoms with Gasteiger partial charge in [0.05, 0.1) is 5.57 Å². The Hall–Kier alpha value is -0.440. The molecule has 2 unspecified atom stereocenters. The van der Waals surface area contributed by atoms with Crippen molar-refractivity contribution in [1.82, 2.24) is 0 Å². The Morgan fingerprint density at radius 2 is 1.49 bits per heavy atom. The highest BCUT2D eigenvalue weighted by atomic mass is 127. The summed E-state index contributed by atoms with van der Waals surface area (Å²) in [5.74, 6) is 1.46. The number of alkyl halides is 4. The van der Waals surface area contributed by atoms with Crippen LogP contribution in [0.4, 0.5) is 8.78 Å². The fourth-order valence-corrected chi connectivity index (χ4v) is 6.81. The number of unbranched alkanes of at least 4 members (excludes halogenated alkanes) is 1. The summed E-state index contributed by atoms with van der Waals surface area (Å²) < 4.78 is 39.5. The van der Waals surface area contributed by atoms with Crippen LogP contribution in [0.2, 0.25) is 0 Å². The second kappa shape index (κ2) is 13.8. The zero-order chi connectivity index (χ0) is 27.1. The molecule has 1 nitrogen and oxygen atoms in total. The Labute approximate surface area is 251 Å². The second-order valence-electron chi connectivity index (χ2n) is 11.9. The van der Waals surface area contributed by atoms with Crippen molar-refractivity contribution in [3.8, 4) is 0 Å². The summed E-state index contributed by atoms with van der Waals surface area (Å²) in [6.07, 6.45) is 21.5. The van der Waals surface area contributed by atoms with Crippen LogP contribution in [0.3, 0.4) is 0 Å². The van der Waals surface area contributed by atoms with Crippen molar-refractivity contribution in [2.75, 3.05) is 8.86 Å². The van der Waals surface area contributed by atoms with Crippen molar-refractivity contribution in [2.45, 2.75) is 91.6 Å². The van der Waals surface area contributed by atoms with E-state index in [1.165, 1.54) is 18.4 Å².